The molecule has 1 aromatic carbocycles. The Hall–Kier alpha value is -3.06. The predicted octanol–water partition coefficient (Wildman–Crippen LogP) is 3.27. The topological polar surface area (TPSA) is 92.1 Å². The van der Waals surface area contributed by atoms with E-state index >= 15 is 0 Å². The van der Waals surface area contributed by atoms with Crippen molar-refractivity contribution in [2.24, 2.45) is 0 Å². The van der Waals surface area contributed by atoms with Crippen molar-refractivity contribution in [3.8, 4) is 11.6 Å². The molecule has 0 saturated heterocycles. The van der Waals surface area contributed by atoms with Gasteiger partial charge in [0.1, 0.15) is 5.75 Å². The van der Waals surface area contributed by atoms with E-state index in [9.17, 15) is 9.90 Å². The summed E-state index contributed by atoms with van der Waals surface area (Å²) in [5, 5.41) is 19.1. The fourth-order valence-electron chi connectivity index (χ4n) is 1.89. The highest BCUT2D eigenvalue weighted by atomic mass is 35.5. The Morgan fingerprint density at radius 3 is 2.61 bits per heavy atom. The number of phenols is 1. The minimum absolute atomic E-state index is 0.129. The van der Waals surface area contributed by atoms with Crippen LogP contribution in [-0.4, -0.2) is 25.9 Å². The van der Waals surface area contributed by atoms with Gasteiger partial charge in [-0.25, -0.2) is 14.5 Å². The molecule has 0 unspecified atom stereocenters. The van der Waals surface area contributed by atoms with Crippen molar-refractivity contribution in [1.29, 1.82) is 0 Å². The van der Waals surface area contributed by atoms with Gasteiger partial charge in [0.2, 0.25) is 0 Å². The quantitative estimate of drug-likeness (QED) is 0.643. The molecule has 0 saturated carbocycles. The maximum absolute atomic E-state index is 11.9. The summed E-state index contributed by atoms with van der Waals surface area (Å²) in [5.41, 5.74) is 1.04. The number of hydrogen-bond donors (Lipinski definition) is 3. The second-order valence-corrected chi connectivity index (χ2v) is 5.02. The molecule has 23 heavy (non-hydrogen) atoms. The molecule has 7 nitrogen and oxygen atoms in total. The van der Waals surface area contributed by atoms with Gasteiger partial charge < -0.3 is 15.7 Å². The molecule has 3 rings (SSSR count). The molecule has 0 spiro atoms. The normalized spacial score (nSPS) is 10.3. The van der Waals surface area contributed by atoms with E-state index in [0.29, 0.717) is 22.2 Å². The second kappa shape index (κ2) is 6.37. The van der Waals surface area contributed by atoms with E-state index in [0.717, 1.165) is 0 Å². The molecule has 0 aliphatic carbocycles. The zero-order valence-corrected chi connectivity index (χ0v) is 12.5. The number of benzene rings is 1. The van der Waals surface area contributed by atoms with E-state index in [-0.39, 0.29) is 5.75 Å². The number of amides is 2. The maximum atomic E-state index is 11.9. The van der Waals surface area contributed by atoms with Gasteiger partial charge in [-0.1, -0.05) is 11.6 Å². The Morgan fingerprint density at radius 1 is 1.13 bits per heavy atom. The van der Waals surface area contributed by atoms with Crippen LogP contribution >= 0.6 is 11.6 Å². The third-order valence-corrected chi connectivity index (χ3v) is 3.22. The van der Waals surface area contributed by atoms with Crippen molar-refractivity contribution < 1.29 is 9.90 Å². The van der Waals surface area contributed by atoms with E-state index in [2.05, 4.69) is 20.7 Å². The Bertz CT molecular complexity index is 832. The summed E-state index contributed by atoms with van der Waals surface area (Å²) in [6, 6.07) is 9.14. The molecular formula is C15H12ClN5O2. The molecule has 0 bridgehead atoms. The van der Waals surface area contributed by atoms with Crippen LogP contribution in [0.15, 0.2) is 55.0 Å². The first kappa shape index (κ1) is 14.9. The van der Waals surface area contributed by atoms with Gasteiger partial charge in [0.15, 0.2) is 5.82 Å². The Balaban J connectivity index is 1.68. The van der Waals surface area contributed by atoms with Crippen LogP contribution < -0.4 is 10.6 Å². The smallest absolute Gasteiger partial charge is 0.323 e. The molecule has 0 aliphatic heterocycles. The minimum Gasteiger partial charge on any atom is -0.508 e. The van der Waals surface area contributed by atoms with Crippen LogP contribution in [0.3, 0.4) is 0 Å². The number of aromatic hydroxyl groups is 1. The first-order valence-electron chi connectivity index (χ1n) is 6.64. The van der Waals surface area contributed by atoms with Crippen molar-refractivity contribution in [2.75, 3.05) is 10.6 Å². The molecule has 116 valence electrons. The molecule has 8 heteroatoms. The number of pyridine rings is 1. The van der Waals surface area contributed by atoms with Crippen molar-refractivity contribution in [1.82, 2.24) is 14.8 Å². The molecule has 3 aromatic rings. The summed E-state index contributed by atoms with van der Waals surface area (Å²) in [6.07, 6.45) is 4.69. The number of carbonyl (C=O) groups excluding carboxylic acids is 1. The monoisotopic (exact) mass is 329 g/mol. The lowest BCUT2D eigenvalue weighted by atomic mass is 10.3. The van der Waals surface area contributed by atoms with Crippen LogP contribution in [0, 0.1) is 0 Å². The van der Waals surface area contributed by atoms with Gasteiger partial charge in [0, 0.05) is 11.9 Å². The van der Waals surface area contributed by atoms with Gasteiger partial charge >= 0.3 is 6.03 Å². The minimum atomic E-state index is -0.428. The highest BCUT2D eigenvalue weighted by Crippen LogP contribution is 2.18. The van der Waals surface area contributed by atoms with E-state index in [1.807, 2.05) is 0 Å². The van der Waals surface area contributed by atoms with Gasteiger partial charge in [-0.3, -0.25) is 0 Å². The Kier molecular flexibility index (Phi) is 4.11. The summed E-state index contributed by atoms with van der Waals surface area (Å²) in [4.78, 5) is 16.0. The van der Waals surface area contributed by atoms with Gasteiger partial charge in [-0.2, -0.15) is 5.10 Å². The largest absolute Gasteiger partial charge is 0.508 e. The molecule has 0 atom stereocenters. The summed E-state index contributed by atoms with van der Waals surface area (Å²) in [7, 11) is 0. The fraction of sp³-hybridized carbons (Fsp3) is 0. The number of aromatic nitrogens is 3. The average Bonchev–Trinajstić information content (AvgIpc) is 2.98. The third kappa shape index (κ3) is 3.58. The van der Waals surface area contributed by atoms with Gasteiger partial charge in [0.25, 0.3) is 0 Å². The molecule has 0 fully saturated rings. The molecular weight excluding hydrogens is 318 g/mol. The average molecular weight is 330 g/mol. The number of nitrogens with one attached hydrogen (secondary N) is 2. The van der Waals surface area contributed by atoms with Crippen LogP contribution in [0.4, 0.5) is 16.2 Å². The molecule has 0 aliphatic rings. The number of anilines is 2. The number of nitrogens with zero attached hydrogens (tertiary/aromatic N) is 3. The van der Waals surface area contributed by atoms with Crippen LogP contribution in [-0.2, 0) is 0 Å². The van der Waals surface area contributed by atoms with Crippen LogP contribution in [0.25, 0.3) is 5.82 Å². The first-order valence-corrected chi connectivity index (χ1v) is 7.02. The second-order valence-electron chi connectivity index (χ2n) is 4.61. The van der Waals surface area contributed by atoms with Crippen LogP contribution in [0.2, 0.25) is 5.02 Å². The van der Waals surface area contributed by atoms with Crippen molar-refractivity contribution in [3.63, 3.8) is 0 Å². The standard InChI is InChI=1S/C15H12ClN5O2/c16-13-2-1-7-17-14(13)21-9-11(8-18-21)20-15(23)19-10-3-5-12(22)6-4-10/h1-9,22H,(H2,19,20,23). The zero-order chi connectivity index (χ0) is 16.2. The van der Waals surface area contributed by atoms with Crippen molar-refractivity contribution in [3.05, 3.63) is 60.0 Å². The lowest BCUT2D eigenvalue weighted by molar-refractivity contribution is 0.262. The number of carbonyl (C=O) groups is 1. The van der Waals surface area contributed by atoms with Crippen molar-refractivity contribution in [2.45, 2.75) is 0 Å². The SMILES string of the molecule is O=C(Nc1ccc(O)cc1)Nc1cnn(-c2ncccc2Cl)c1. The Morgan fingerprint density at radius 2 is 1.87 bits per heavy atom. The Labute approximate surface area is 136 Å². The number of rotatable bonds is 3. The molecule has 3 N–H and O–H groups in total. The number of urea groups is 1. The van der Waals surface area contributed by atoms with Gasteiger partial charge in [0.05, 0.1) is 23.1 Å². The number of hydrogen-bond acceptors (Lipinski definition) is 4. The van der Waals surface area contributed by atoms with E-state index in [1.165, 1.54) is 23.0 Å². The molecule has 2 amide bonds. The molecule has 2 heterocycles. The fourth-order valence-corrected chi connectivity index (χ4v) is 2.10. The van der Waals surface area contributed by atoms with Gasteiger partial charge in [-0.05, 0) is 36.4 Å². The molecule has 2 aromatic heterocycles. The lowest BCUT2D eigenvalue weighted by Crippen LogP contribution is -2.19. The summed E-state index contributed by atoms with van der Waals surface area (Å²) < 4.78 is 1.47. The summed E-state index contributed by atoms with van der Waals surface area (Å²) in [6.45, 7) is 0. The maximum Gasteiger partial charge on any atom is 0.323 e. The van der Waals surface area contributed by atoms with E-state index in [4.69, 9.17) is 11.6 Å². The predicted molar refractivity (Wildman–Crippen MR) is 87.1 cm³/mol. The zero-order valence-electron chi connectivity index (χ0n) is 11.8. The van der Waals surface area contributed by atoms with E-state index < -0.39 is 6.03 Å². The first-order chi connectivity index (χ1) is 11.1. The van der Waals surface area contributed by atoms with Crippen LogP contribution in [0.5, 0.6) is 5.75 Å². The van der Waals surface area contributed by atoms with Gasteiger partial charge in [-0.15, -0.1) is 0 Å². The summed E-state index contributed by atoms with van der Waals surface area (Å²) >= 11 is 6.05. The van der Waals surface area contributed by atoms with Crippen LogP contribution in [0.1, 0.15) is 0 Å². The lowest BCUT2D eigenvalue weighted by Gasteiger charge is -2.05. The number of phenolic OH excluding ortho intramolecular Hbond substituents is 1. The third-order valence-electron chi connectivity index (χ3n) is 2.92. The summed E-state index contributed by atoms with van der Waals surface area (Å²) in [5.74, 6) is 0.602. The number of halogens is 1. The highest BCUT2D eigenvalue weighted by Gasteiger charge is 2.08. The highest BCUT2D eigenvalue weighted by molar-refractivity contribution is 6.32. The molecule has 0 radical (unpaired) electrons. The van der Waals surface area contributed by atoms with E-state index in [1.54, 1.807) is 36.7 Å². The van der Waals surface area contributed by atoms with Crippen molar-refractivity contribution >= 4 is 29.0 Å².